The standard InChI is InChI=1S/C24H19NO6/c1-29-23(27)15-10-12-16(13-11-15)25-21(26)14-30-24(28)22-17-6-2-4-8-19(17)31-20-9-5-3-7-18(20)22/h2-13,22H,14H2,1H3,(H,25,26). The van der Waals surface area contributed by atoms with Crippen molar-refractivity contribution in [3.05, 3.63) is 89.5 Å². The van der Waals surface area contributed by atoms with E-state index in [1.807, 2.05) is 24.3 Å². The number of esters is 2. The largest absolute Gasteiger partial charge is 0.465 e. The molecule has 0 unspecified atom stereocenters. The van der Waals surface area contributed by atoms with Crippen LogP contribution in [0.25, 0.3) is 0 Å². The number of anilines is 1. The molecule has 3 aromatic carbocycles. The van der Waals surface area contributed by atoms with Crippen LogP contribution < -0.4 is 10.1 Å². The maximum Gasteiger partial charge on any atom is 0.337 e. The van der Waals surface area contributed by atoms with Gasteiger partial charge in [0.2, 0.25) is 0 Å². The van der Waals surface area contributed by atoms with Crippen LogP contribution in [0.15, 0.2) is 72.8 Å². The SMILES string of the molecule is COC(=O)c1ccc(NC(=O)COC(=O)C2c3ccccc3Oc3ccccc32)cc1. The highest BCUT2D eigenvalue weighted by Crippen LogP contribution is 2.44. The second-order valence-electron chi connectivity index (χ2n) is 6.84. The average Bonchev–Trinajstić information content (AvgIpc) is 2.81. The number of benzene rings is 3. The van der Waals surface area contributed by atoms with Crippen molar-refractivity contribution in [3.8, 4) is 11.5 Å². The molecule has 1 N–H and O–H groups in total. The topological polar surface area (TPSA) is 90.9 Å². The van der Waals surface area contributed by atoms with Crippen LogP contribution >= 0.6 is 0 Å². The molecule has 156 valence electrons. The predicted molar refractivity (Wildman–Crippen MR) is 112 cm³/mol. The molecule has 0 spiro atoms. The fourth-order valence-corrected chi connectivity index (χ4v) is 3.39. The van der Waals surface area contributed by atoms with Crippen LogP contribution in [0.2, 0.25) is 0 Å². The molecule has 1 amide bonds. The molecule has 0 saturated carbocycles. The van der Waals surface area contributed by atoms with Crippen molar-refractivity contribution in [2.75, 3.05) is 19.0 Å². The van der Waals surface area contributed by atoms with Gasteiger partial charge in [0.15, 0.2) is 6.61 Å². The summed E-state index contributed by atoms with van der Waals surface area (Å²) in [5.74, 6) is -1.03. The van der Waals surface area contributed by atoms with Gasteiger partial charge in [-0.1, -0.05) is 36.4 Å². The summed E-state index contributed by atoms with van der Waals surface area (Å²) in [7, 11) is 1.29. The van der Waals surface area contributed by atoms with Gasteiger partial charge in [-0.25, -0.2) is 4.79 Å². The van der Waals surface area contributed by atoms with E-state index >= 15 is 0 Å². The molecule has 4 rings (SSSR count). The van der Waals surface area contributed by atoms with E-state index in [-0.39, 0.29) is 0 Å². The molecule has 1 aliphatic rings. The third kappa shape index (κ3) is 4.25. The van der Waals surface area contributed by atoms with Gasteiger partial charge in [-0.2, -0.15) is 0 Å². The molecule has 3 aromatic rings. The molecule has 1 heterocycles. The number of carbonyl (C=O) groups excluding carboxylic acids is 3. The Morgan fingerprint density at radius 1 is 0.871 bits per heavy atom. The van der Waals surface area contributed by atoms with Gasteiger partial charge in [-0.15, -0.1) is 0 Å². The Bertz CT molecular complexity index is 1090. The summed E-state index contributed by atoms with van der Waals surface area (Å²) >= 11 is 0. The van der Waals surface area contributed by atoms with Gasteiger partial charge in [-0.05, 0) is 36.4 Å². The van der Waals surface area contributed by atoms with E-state index in [0.717, 1.165) is 0 Å². The van der Waals surface area contributed by atoms with Crippen LogP contribution in [0.5, 0.6) is 11.5 Å². The quantitative estimate of drug-likeness (QED) is 0.634. The number of fused-ring (bicyclic) bond motifs is 2. The second kappa shape index (κ2) is 8.71. The van der Waals surface area contributed by atoms with Crippen molar-refractivity contribution in [3.63, 3.8) is 0 Å². The zero-order valence-corrected chi connectivity index (χ0v) is 16.7. The van der Waals surface area contributed by atoms with E-state index < -0.39 is 30.4 Å². The van der Waals surface area contributed by atoms with Crippen molar-refractivity contribution < 1.29 is 28.6 Å². The lowest BCUT2D eigenvalue weighted by atomic mass is 9.88. The smallest absolute Gasteiger partial charge is 0.337 e. The molecule has 0 saturated heterocycles. The number of rotatable bonds is 5. The van der Waals surface area contributed by atoms with Gasteiger partial charge >= 0.3 is 11.9 Å². The summed E-state index contributed by atoms with van der Waals surface area (Å²) in [5, 5.41) is 2.63. The van der Waals surface area contributed by atoms with Crippen molar-refractivity contribution in [1.82, 2.24) is 0 Å². The number of nitrogens with one attached hydrogen (secondary N) is 1. The van der Waals surface area contributed by atoms with Crippen LogP contribution in [0, 0.1) is 0 Å². The summed E-state index contributed by atoms with van der Waals surface area (Å²) in [6.45, 7) is -0.445. The number of ether oxygens (including phenoxy) is 3. The maximum atomic E-state index is 12.9. The zero-order chi connectivity index (χ0) is 21.8. The van der Waals surface area contributed by atoms with Gasteiger partial charge in [0, 0.05) is 16.8 Å². The Balaban J connectivity index is 1.43. The monoisotopic (exact) mass is 417 g/mol. The van der Waals surface area contributed by atoms with E-state index in [1.165, 1.54) is 19.2 Å². The molecular weight excluding hydrogens is 398 g/mol. The minimum Gasteiger partial charge on any atom is -0.465 e. The van der Waals surface area contributed by atoms with Gasteiger partial charge in [-0.3, -0.25) is 9.59 Å². The minimum atomic E-state index is -0.687. The Kier molecular flexibility index (Phi) is 5.66. The lowest BCUT2D eigenvalue weighted by Gasteiger charge is -2.26. The first-order valence-electron chi connectivity index (χ1n) is 9.57. The van der Waals surface area contributed by atoms with Crippen molar-refractivity contribution in [1.29, 1.82) is 0 Å². The van der Waals surface area contributed by atoms with E-state index in [9.17, 15) is 14.4 Å². The normalized spacial score (nSPS) is 12.0. The number of carbonyl (C=O) groups is 3. The summed E-state index contributed by atoms with van der Waals surface area (Å²) in [4.78, 5) is 36.7. The molecule has 0 aromatic heterocycles. The number of hydrogen-bond acceptors (Lipinski definition) is 6. The molecule has 1 aliphatic heterocycles. The van der Waals surface area contributed by atoms with Crippen molar-refractivity contribution >= 4 is 23.5 Å². The van der Waals surface area contributed by atoms with Crippen LogP contribution in [0.1, 0.15) is 27.4 Å². The van der Waals surface area contributed by atoms with Crippen LogP contribution in [0.4, 0.5) is 5.69 Å². The number of amides is 1. The minimum absolute atomic E-state index is 0.365. The molecule has 31 heavy (non-hydrogen) atoms. The van der Waals surface area contributed by atoms with Gasteiger partial charge < -0.3 is 19.5 Å². The van der Waals surface area contributed by atoms with Gasteiger partial charge in [0.1, 0.15) is 17.4 Å². The van der Waals surface area contributed by atoms with E-state index in [0.29, 0.717) is 33.9 Å². The van der Waals surface area contributed by atoms with Crippen molar-refractivity contribution in [2.45, 2.75) is 5.92 Å². The Morgan fingerprint density at radius 3 is 2.03 bits per heavy atom. The molecule has 7 nitrogen and oxygen atoms in total. The van der Waals surface area contributed by atoms with Crippen molar-refractivity contribution in [2.24, 2.45) is 0 Å². The highest BCUT2D eigenvalue weighted by atomic mass is 16.5. The lowest BCUT2D eigenvalue weighted by Crippen LogP contribution is -2.26. The first-order chi connectivity index (χ1) is 15.1. The number of hydrogen-bond donors (Lipinski definition) is 1. The predicted octanol–water partition coefficient (Wildman–Crippen LogP) is 3.89. The fraction of sp³-hybridized carbons (Fsp3) is 0.125. The summed E-state index contributed by atoms with van der Waals surface area (Å²) in [6.07, 6.45) is 0. The fourth-order valence-electron chi connectivity index (χ4n) is 3.39. The van der Waals surface area contributed by atoms with Crippen LogP contribution in [0.3, 0.4) is 0 Å². The lowest BCUT2D eigenvalue weighted by molar-refractivity contribution is -0.148. The van der Waals surface area contributed by atoms with E-state index in [4.69, 9.17) is 9.47 Å². The molecular formula is C24H19NO6. The van der Waals surface area contributed by atoms with Gasteiger partial charge in [0.25, 0.3) is 5.91 Å². The molecule has 0 fully saturated rings. The molecule has 0 bridgehead atoms. The molecule has 7 heteroatoms. The van der Waals surface area contributed by atoms with Crippen LogP contribution in [-0.4, -0.2) is 31.6 Å². The second-order valence-corrected chi connectivity index (χ2v) is 6.84. The van der Waals surface area contributed by atoms with E-state index in [2.05, 4.69) is 10.1 Å². The number of para-hydroxylation sites is 2. The summed E-state index contributed by atoms with van der Waals surface area (Å²) in [6, 6.07) is 20.7. The zero-order valence-electron chi connectivity index (χ0n) is 16.7. The summed E-state index contributed by atoms with van der Waals surface area (Å²) in [5.41, 5.74) is 2.20. The molecule has 0 radical (unpaired) electrons. The Hall–Kier alpha value is -4.13. The average molecular weight is 417 g/mol. The highest BCUT2D eigenvalue weighted by molar-refractivity contribution is 5.95. The first kappa shape index (κ1) is 20.2. The highest BCUT2D eigenvalue weighted by Gasteiger charge is 2.33. The summed E-state index contributed by atoms with van der Waals surface area (Å²) < 4.78 is 15.8. The first-order valence-corrected chi connectivity index (χ1v) is 9.57. The third-order valence-corrected chi connectivity index (χ3v) is 4.85. The van der Waals surface area contributed by atoms with E-state index in [1.54, 1.807) is 36.4 Å². The van der Waals surface area contributed by atoms with Crippen LogP contribution in [-0.2, 0) is 19.1 Å². The Labute approximate surface area is 178 Å². The molecule has 0 atom stereocenters. The maximum absolute atomic E-state index is 12.9. The molecule has 0 aliphatic carbocycles. The Morgan fingerprint density at radius 2 is 1.45 bits per heavy atom. The van der Waals surface area contributed by atoms with Gasteiger partial charge in [0.05, 0.1) is 12.7 Å². The number of methoxy groups -OCH3 is 1. The third-order valence-electron chi connectivity index (χ3n) is 4.85.